The molecule has 4 heteroatoms. The van der Waals surface area contributed by atoms with Gasteiger partial charge in [-0.15, -0.1) is 0 Å². The Morgan fingerprint density at radius 2 is 1.67 bits per heavy atom. The fourth-order valence-electron chi connectivity index (χ4n) is 7.93. The normalized spacial score (nSPS) is 59.8. The third kappa shape index (κ3) is 1.84. The molecule has 0 radical (unpaired) electrons. The average molecular weight is 338 g/mol. The summed E-state index contributed by atoms with van der Waals surface area (Å²) in [6.45, 7) is 4.43. The molecule has 0 aromatic heterocycles. The molecule has 0 aromatic rings. The van der Waals surface area contributed by atoms with E-state index in [0.717, 1.165) is 44.9 Å². The van der Waals surface area contributed by atoms with E-state index in [1.54, 1.807) is 0 Å². The molecule has 1 spiro atoms. The summed E-state index contributed by atoms with van der Waals surface area (Å²) in [6.07, 6.45) is 7.33. The van der Waals surface area contributed by atoms with Gasteiger partial charge in [-0.05, 0) is 80.0 Å². The van der Waals surface area contributed by atoms with Crippen LogP contribution in [0.4, 0.5) is 0 Å². The van der Waals surface area contributed by atoms with Crippen LogP contribution < -0.4 is 0 Å². The van der Waals surface area contributed by atoms with Gasteiger partial charge in [-0.3, -0.25) is 0 Å². The summed E-state index contributed by atoms with van der Waals surface area (Å²) in [5, 5.41) is 41.3. The van der Waals surface area contributed by atoms with Crippen molar-refractivity contribution in [2.45, 2.75) is 76.9 Å². The second-order valence-corrected chi connectivity index (χ2v) is 10.0. The Morgan fingerprint density at radius 3 is 2.33 bits per heavy atom. The molecule has 0 amide bonds. The highest BCUT2D eigenvalue weighted by Gasteiger charge is 2.70. The van der Waals surface area contributed by atoms with Crippen LogP contribution in [0.2, 0.25) is 0 Å². The number of aliphatic hydroxyl groups is 4. The van der Waals surface area contributed by atoms with Crippen molar-refractivity contribution in [2.75, 3.05) is 13.2 Å². The van der Waals surface area contributed by atoms with E-state index in [1.165, 1.54) is 0 Å². The number of hydrogen-bond donors (Lipinski definition) is 4. The fraction of sp³-hybridized carbons (Fsp3) is 1.00. The largest absolute Gasteiger partial charge is 0.396 e. The van der Waals surface area contributed by atoms with Gasteiger partial charge >= 0.3 is 0 Å². The molecule has 4 N–H and O–H groups in total. The maximum Gasteiger partial charge on any atom is 0.0905 e. The van der Waals surface area contributed by atoms with Crippen molar-refractivity contribution < 1.29 is 20.4 Å². The van der Waals surface area contributed by atoms with Crippen LogP contribution in [0.1, 0.15) is 65.2 Å². The highest BCUT2D eigenvalue weighted by molar-refractivity contribution is 5.19. The maximum atomic E-state index is 10.9. The Labute approximate surface area is 145 Å². The minimum Gasteiger partial charge on any atom is -0.396 e. The molecule has 0 aliphatic heterocycles. The van der Waals surface area contributed by atoms with Crippen molar-refractivity contribution in [3.05, 3.63) is 0 Å². The second kappa shape index (κ2) is 5.18. The summed E-state index contributed by atoms with van der Waals surface area (Å²) in [6, 6.07) is 0. The molecule has 4 saturated carbocycles. The van der Waals surface area contributed by atoms with E-state index < -0.39 is 17.1 Å². The van der Waals surface area contributed by atoms with E-state index in [4.69, 9.17) is 0 Å². The zero-order valence-corrected chi connectivity index (χ0v) is 15.2. The van der Waals surface area contributed by atoms with Crippen LogP contribution in [-0.2, 0) is 0 Å². The quantitative estimate of drug-likeness (QED) is 0.621. The molecular weight excluding hydrogens is 304 g/mol. The van der Waals surface area contributed by atoms with Crippen LogP contribution in [0.25, 0.3) is 0 Å². The Morgan fingerprint density at radius 1 is 0.917 bits per heavy atom. The maximum absolute atomic E-state index is 10.9. The molecule has 24 heavy (non-hydrogen) atoms. The van der Waals surface area contributed by atoms with Crippen molar-refractivity contribution in [2.24, 2.45) is 34.0 Å². The highest BCUT2D eigenvalue weighted by atomic mass is 16.3. The molecule has 0 aromatic carbocycles. The molecule has 4 nitrogen and oxygen atoms in total. The molecular formula is C20H34O4. The van der Waals surface area contributed by atoms with Crippen LogP contribution in [0, 0.1) is 34.0 Å². The Hall–Kier alpha value is -0.160. The molecule has 4 fully saturated rings. The van der Waals surface area contributed by atoms with Gasteiger partial charge in [0.2, 0.25) is 0 Å². The van der Waals surface area contributed by atoms with Crippen LogP contribution in [0.5, 0.6) is 0 Å². The van der Waals surface area contributed by atoms with Crippen LogP contribution in [0.15, 0.2) is 0 Å². The Bertz CT molecular complexity index is 524. The smallest absolute Gasteiger partial charge is 0.0905 e. The van der Waals surface area contributed by atoms with Crippen molar-refractivity contribution >= 4 is 0 Å². The van der Waals surface area contributed by atoms with Crippen molar-refractivity contribution in [3.63, 3.8) is 0 Å². The first-order chi connectivity index (χ1) is 11.3. The lowest BCUT2D eigenvalue weighted by atomic mass is 9.39. The van der Waals surface area contributed by atoms with Crippen LogP contribution >= 0.6 is 0 Å². The van der Waals surface area contributed by atoms with Crippen molar-refractivity contribution in [3.8, 4) is 0 Å². The summed E-state index contributed by atoms with van der Waals surface area (Å²) in [5.74, 6) is 1.18. The number of hydrogen-bond acceptors (Lipinski definition) is 4. The van der Waals surface area contributed by atoms with Gasteiger partial charge in [0.15, 0.2) is 0 Å². The predicted octanol–water partition coefficient (Wildman–Crippen LogP) is 2.09. The van der Waals surface area contributed by atoms with Gasteiger partial charge in [-0.1, -0.05) is 13.8 Å². The highest BCUT2D eigenvalue weighted by Crippen LogP contribution is 2.75. The fourth-order valence-corrected chi connectivity index (χ4v) is 7.93. The molecule has 138 valence electrons. The lowest BCUT2D eigenvalue weighted by Gasteiger charge is -2.66. The van der Waals surface area contributed by atoms with Gasteiger partial charge in [-0.2, -0.15) is 0 Å². The number of rotatable bonds is 2. The third-order valence-corrected chi connectivity index (χ3v) is 9.54. The molecule has 8 atom stereocenters. The van der Waals surface area contributed by atoms with E-state index in [2.05, 4.69) is 13.8 Å². The monoisotopic (exact) mass is 338 g/mol. The average Bonchev–Trinajstić information content (AvgIpc) is 2.93. The van der Waals surface area contributed by atoms with Crippen molar-refractivity contribution in [1.29, 1.82) is 0 Å². The standard InChI is InChI=1S/C20H34O4/c1-17(11-21)15-4-3-13-9-14-10-19(13,7-8-20(14,24)12-22)18(15,2)6-5-16(17)23/h13-16,21-24H,3-12H2,1-2H3/t13-,14+,15-,16+,17-,18-,19-,20?/m0/s1. The van der Waals surface area contributed by atoms with E-state index in [-0.39, 0.29) is 30.0 Å². The van der Waals surface area contributed by atoms with Crippen molar-refractivity contribution in [1.82, 2.24) is 0 Å². The Balaban J connectivity index is 1.74. The molecule has 0 saturated heterocycles. The molecule has 4 aliphatic rings. The zero-order chi connectivity index (χ0) is 17.4. The topological polar surface area (TPSA) is 80.9 Å². The van der Waals surface area contributed by atoms with Gasteiger partial charge in [-0.25, -0.2) is 0 Å². The Kier molecular flexibility index (Phi) is 3.73. The minimum absolute atomic E-state index is 0.0547. The SMILES string of the molecule is C[C@@]1(CO)[C@H](O)CC[C@@]2(C)[C@H]1CC[C@H]1C[C@@H]3C[C@@]12CCC3(O)CO. The van der Waals surface area contributed by atoms with E-state index in [0.29, 0.717) is 18.3 Å². The molecule has 0 heterocycles. The van der Waals surface area contributed by atoms with E-state index >= 15 is 0 Å². The summed E-state index contributed by atoms with van der Waals surface area (Å²) in [5.41, 5.74) is -0.949. The van der Waals surface area contributed by atoms with Gasteiger partial charge in [0, 0.05) is 5.41 Å². The molecule has 4 rings (SSSR count). The third-order valence-electron chi connectivity index (χ3n) is 9.54. The lowest BCUT2D eigenvalue weighted by Crippen LogP contribution is -2.63. The molecule has 1 unspecified atom stereocenters. The number of aliphatic hydroxyl groups excluding tert-OH is 3. The minimum atomic E-state index is -0.886. The molecule has 4 aliphatic carbocycles. The number of fused-ring (bicyclic) bond motifs is 2. The summed E-state index contributed by atoms with van der Waals surface area (Å²) >= 11 is 0. The van der Waals surface area contributed by atoms with Crippen LogP contribution in [-0.4, -0.2) is 45.3 Å². The summed E-state index contributed by atoms with van der Waals surface area (Å²) in [4.78, 5) is 0. The first-order valence-electron chi connectivity index (χ1n) is 9.88. The van der Waals surface area contributed by atoms with Crippen LogP contribution in [0.3, 0.4) is 0 Å². The van der Waals surface area contributed by atoms with Gasteiger partial charge in [0.1, 0.15) is 0 Å². The predicted molar refractivity (Wildman–Crippen MR) is 91.2 cm³/mol. The van der Waals surface area contributed by atoms with Gasteiger partial charge in [0.25, 0.3) is 0 Å². The zero-order valence-electron chi connectivity index (χ0n) is 15.2. The lowest BCUT2D eigenvalue weighted by molar-refractivity contribution is -0.216. The van der Waals surface area contributed by atoms with Gasteiger partial charge in [0.05, 0.1) is 24.9 Å². The van der Waals surface area contributed by atoms with E-state index in [1.807, 2.05) is 0 Å². The summed E-state index contributed by atoms with van der Waals surface area (Å²) in [7, 11) is 0. The first-order valence-corrected chi connectivity index (χ1v) is 9.88. The second-order valence-electron chi connectivity index (χ2n) is 10.0. The first kappa shape index (κ1) is 17.3. The molecule has 2 bridgehead atoms. The summed E-state index contributed by atoms with van der Waals surface area (Å²) < 4.78 is 0. The van der Waals surface area contributed by atoms with E-state index in [9.17, 15) is 20.4 Å². The van der Waals surface area contributed by atoms with Gasteiger partial charge < -0.3 is 20.4 Å².